The Morgan fingerprint density at radius 3 is 2.53 bits per heavy atom. The van der Waals surface area contributed by atoms with Crippen molar-refractivity contribution in [1.82, 2.24) is 0 Å². The Hall–Kier alpha value is -3.73. The standard InChI is InChI=1S/C25H21NO4/c1-16(2)15-29-24(27)19-12-10-17(11-13-19)14-22-25(28)30-23(26-22)21-9-5-7-18-6-3-4-8-20(18)21/h3-14,16H,15H2,1-2H3/b22-14-. The molecule has 0 unspecified atom stereocenters. The van der Waals surface area contributed by atoms with Gasteiger partial charge in [0.15, 0.2) is 5.70 Å². The second-order valence-corrected chi connectivity index (χ2v) is 7.48. The molecular weight excluding hydrogens is 378 g/mol. The molecule has 5 heteroatoms. The molecule has 0 saturated carbocycles. The lowest BCUT2D eigenvalue weighted by molar-refractivity contribution is -0.129. The van der Waals surface area contributed by atoms with Gasteiger partial charge in [-0.3, -0.25) is 0 Å². The predicted octanol–water partition coefficient (Wildman–Crippen LogP) is 5.00. The van der Waals surface area contributed by atoms with E-state index in [9.17, 15) is 9.59 Å². The van der Waals surface area contributed by atoms with E-state index < -0.39 is 5.97 Å². The Bertz CT molecular complexity index is 1170. The van der Waals surface area contributed by atoms with Gasteiger partial charge in [0.2, 0.25) is 5.90 Å². The van der Waals surface area contributed by atoms with Crippen LogP contribution in [0.1, 0.15) is 35.3 Å². The summed E-state index contributed by atoms with van der Waals surface area (Å²) >= 11 is 0. The van der Waals surface area contributed by atoms with Gasteiger partial charge < -0.3 is 9.47 Å². The van der Waals surface area contributed by atoms with Gasteiger partial charge in [-0.25, -0.2) is 14.6 Å². The SMILES string of the molecule is CC(C)COC(=O)c1ccc(/C=C2\N=C(c3cccc4ccccc34)OC2=O)cc1. The fourth-order valence-corrected chi connectivity index (χ4v) is 3.14. The van der Waals surface area contributed by atoms with E-state index in [0.717, 1.165) is 21.9 Å². The Morgan fingerprint density at radius 2 is 1.77 bits per heavy atom. The Kier molecular flexibility index (Phi) is 5.44. The van der Waals surface area contributed by atoms with Crippen LogP contribution in [0.3, 0.4) is 0 Å². The highest BCUT2D eigenvalue weighted by molar-refractivity contribution is 6.17. The van der Waals surface area contributed by atoms with E-state index in [1.54, 1.807) is 30.3 Å². The summed E-state index contributed by atoms with van der Waals surface area (Å²) in [6.45, 7) is 4.34. The maximum absolute atomic E-state index is 12.3. The first-order chi connectivity index (χ1) is 14.5. The number of fused-ring (bicyclic) bond motifs is 1. The van der Waals surface area contributed by atoms with Gasteiger partial charge in [0.1, 0.15) is 0 Å². The number of carbonyl (C=O) groups excluding carboxylic acids is 2. The third-order valence-corrected chi connectivity index (χ3v) is 4.64. The predicted molar refractivity (Wildman–Crippen MR) is 116 cm³/mol. The second kappa shape index (κ2) is 8.33. The van der Waals surface area contributed by atoms with Gasteiger partial charge in [0.05, 0.1) is 12.2 Å². The van der Waals surface area contributed by atoms with Gasteiger partial charge in [-0.15, -0.1) is 0 Å². The number of ether oxygens (including phenoxy) is 2. The normalized spacial score (nSPS) is 14.8. The number of benzene rings is 3. The van der Waals surface area contributed by atoms with Gasteiger partial charge >= 0.3 is 11.9 Å². The van der Waals surface area contributed by atoms with Crippen molar-refractivity contribution in [2.45, 2.75) is 13.8 Å². The largest absolute Gasteiger partial charge is 0.462 e. The van der Waals surface area contributed by atoms with Crippen molar-refractivity contribution in [2.24, 2.45) is 10.9 Å². The minimum absolute atomic E-state index is 0.216. The van der Waals surface area contributed by atoms with Gasteiger partial charge in [-0.1, -0.05) is 62.4 Å². The van der Waals surface area contributed by atoms with Crippen molar-refractivity contribution in [3.63, 3.8) is 0 Å². The maximum atomic E-state index is 12.3. The van der Waals surface area contributed by atoms with Crippen molar-refractivity contribution in [3.05, 3.63) is 89.1 Å². The van der Waals surface area contributed by atoms with E-state index in [1.807, 2.05) is 56.3 Å². The third-order valence-electron chi connectivity index (χ3n) is 4.64. The van der Waals surface area contributed by atoms with Crippen molar-refractivity contribution in [3.8, 4) is 0 Å². The summed E-state index contributed by atoms with van der Waals surface area (Å²) in [5, 5.41) is 2.02. The summed E-state index contributed by atoms with van der Waals surface area (Å²) in [7, 11) is 0. The number of esters is 2. The van der Waals surface area contributed by atoms with Crippen LogP contribution in [0.25, 0.3) is 16.8 Å². The third kappa shape index (κ3) is 4.15. The van der Waals surface area contributed by atoms with Crippen LogP contribution in [0.5, 0.6) is 0 Å². The molecule has 4 rings (SSSR count). The quantitative estimate of drug-likeness (QED) is 0.447. The van der Waals surface area contributed by atoms with Crippen molar-refractivity contribution >= 4 is 34.7 Å². The van der Waals surface area contributed by atoms with Gasteiger partial charge in [-0.2, -0.15) is 0 Å². The second-order valence-electron chi connectivity index (χ2n) is 7.48. The molecule has 0 fully saturated rings. The molecule has 3 aromatic carbocycles. The topological polar surface area (TPSA) is 65.0 Å². The lowest BCUT2D eigenvalue weighted by atomic mass is 10.0. The Morgan fingerprint density at radius 1 is 1.03 bits per heavy atom. The van der Waals surface area contributed by atoms with E-state index >= 15 is 0 Å². The van der Waals surface area contributed by atoms with E-state index in [4.69, 9.17) is 9.47 Å². The van der Waals surface area contributed by atoms with Crippen LogP contribution in [0.2, 0.25) is 0 Å². The van der Waals surface area contributed by atoms with Crippen molar-refractivity contribution in [2.75, 3.05) is 6.61 Å². The number of aliphatic imine (C=N–C) groups is 1. The molecule has 0 spiro atoms. The van der Waals surface area contributed by atoms with Gasteiger partial charge in [0, 0.05) is 5.56 Å². The number of hydrogen-bond acceptors (Lipinski definition) is 5. The molecule has 0 bridgehead atoms. The molecule has 0 atom stereocenters. The zero-order valence-electron chi connectivity index (χ0n) is 16.8. The number of nitrogens with zero attached hydrogens (tertiary/aromatic N) is 1. The van der Waals surface area contributed by atoms with Crippen LogP contribution < -0.4 is 0 Å². The molecule has 0 radical (unpaired) electrons. The molecule has 30 heavy (non-hydrogen) atoms. The molecule has 0 saturated heterocycles. The van der Waals surface area contributed by atoms with Crippen LogP contribution in [0.4, 0.5) is 0 Å². The molecule has 5 nitrogen and oxygen atoms in total. The molecule has 0 aliphatic carbocycles. The molecule has 150 valence electrons. The first kappa shape index (κ1) is 19.6. The van der Waals surface area contributed by atoms with E-state index in [0.29, 0.717) is 12.2 Å². The van der Waals surface area contributed by atoms with Crippen molar-refractivity contribution in [1.29, 1.82) is 0 Å². The highest BCUT2D eigenvalue weighted by Gasteiger charge is 2.25. The molecule has 3 aromatic rings. The number of rotatable bonds is 5. The molecule has 0 aromatic heterocycles. The lowest BCUT2D eigenvalue weighted by Crippen LogP contribution is -2.10. The average Bonchev–Trinajstić information content (AvgIpc) is 3.12. The van der Waals surface area contributed by atoms with E-state index in [-0.39, 0.29) is 23.5 Å². The molecule has 0 amide bonds. The van der Waals surface area contributed by atoms with E-state index in [2.05, 4.69) is 4.99 Å². The van der Waals surface area contributed by atoms with Crippen LogP contribution in [0, 0.1) is 5.92 Å². The summed E-state index contributed by atoms with van der Waals surface area (Å²) in [4.78, 5) is 28.8. The minimum atomic E-state index is -0.502. The maximum Gasteiger partial charge on any atom is 0.363 e. The van der Waals surface area contributed by atoms with Crippen LogP contribution >= 0.6 is 0 Å². The van der Waals surface area contributed by atoms with Crippen molar-refractivity contribution < 1.29 is 19.1 Å². The Balaban J connectivity index is 1.57. The highest BCUT2D eigenvalue weighted by atomic mass is 16.6. The summed E-state index contributed by atoms with van der Waals surface area (Å²) in [6, 6.07) is 20.5. The first-order valence-electron chi connectivity index (χ1n) is 9.79. The monoisotopic (exact) mass is 399 g/mol. The number of carbonyl (C=O) groups is 2. The van der Waals surface area contributed by atoms with E-state index in [1.165, 1.54) is 0 Å². The van der Waals surface area contributed by atoms with Crippen LogP contribution in [-0.4, -0.2) is 24.4 Å². The summed E-state index contributed by atoms with van der Waals surface area (Å²) < 4.78 is 10.7. The van der Waals surface area contributed by atoms with Crippen LogP contribution in [-0.2, 0) is 14.3 Å². The minimum Gasteiger partial charge on any atom is -0.462 e. The number of hydrogen-bond donors (Lipinski definition) is 0. The smallest absolute Gasteiger partial charge is 0.363 e. The summed E-state index contributed by atoms with van der Waals surface area (Å²) in [5.74, 6) is -0.296. The lowest BCUT2D eigenvalue weighted by Gasteiger charge is -2.07. The zero-order chi connectivity index (χ0) is 21.1. The highest BCUT2D eigenvalue weighted by Crippen LogP contribution is 2.25. The fraction of sp³-hybridized carbons (Fsp3) is 0.160. The zero-order valence-corrected chi connectivity index (χ0v) is 16.8. The van der Waals surface area contributed by atoms with Gasteiger partial charge in [0.25, 0.3) is 0 Å². The molecule has 1 aliphatic rings. The van der Waals surface area contributed by atoms with Gasteiger partial charge in [-0.05, 0) is 46.5 Å². The molecule has 1 heterocycles. The molecule has 1 aliphatic heterocycles. The fourth-order valence-electron chi connectivity index (χ4n) is 3.14. The summed E-state index contributed by atoms with van der Waals surface area (Å²) in [5.41, 5.74) is 2.19. The average molecular weight is 399 g/mol. The summed E-state index contributed by atoms with van der Waals surface area (Å²) in [6.07, 6.45) is 1.64. The molecular formula is C25H21NO4. The Labute approximate surface area is 174 Å². The first-order valence-corrected chi connectivity index (χ1v) is 9.79. The number of cyclic esters (lactones) is 1. The van der Waals surface area contributed by atoms with Crippen LogP contribution in [0.15, 0.2) is 77.4 Å². The molecule has 0 N–H and O–H groups in total.